The Hall–Kier alpha value is -3.01. The fourth-order valence-corrected chi connectivity index (χ4v) is 3.26. The van der Waals surface area contributed by atoms with Crippen molar-refractivity contribution in [2.45, 2.75) is 18.2 Å². The minimum Gasteiger partial charge on any atom is -0.258 e. The number of hydrogen-bond donors (Lipinski definition) is 0. The largest absolute Gasteiger partial charge is 0.334 e. The molecule has 0 N–H and O–H groups in total. The van der Waals surface area contributed by atoms with Crippen molar-refractivity contribution in [3.05, 3.63) is 79.4 Å². The van der Waals surface area contributed by atoms with Crippen LogP contribution in [0.5, 0.6) is 0 Å². The zero-order chi connectivity index (χ0) is 17.9. The van der Waals surface area contributed by atoms with E-state index in [1.54, 1.807) is 30.3 Å². The van der Waals surface area contributed by atoms with Gasteiger partial charge in [0.1, 0.15) is 4.90 Å². The quantitative estimate of drug-likeness (QED) is 0.576. The van der Waals surface area contributed by atoms with E-state index in [0.29, 0.717) is 5.56 Å². The minimum absolute atomic E-state index is 0.0888. The lowest BCUT2D eigenvalue weighted by Gasteiger charge is -2.11. The summed E-state index contributed by atoms with van der Waals surface area (Å²) in [4.78, 5) is 20.5. The molecule has 0 fully saturated rings. The van der Waals surface area contributed by atoms with E-state index in [1.807, 2.05) is 0 Å². The first-order valence-corrected chi connectivity index (χ1v) is 8.03. The van der Waals surface area contributed by atoms with Gasteiger partial charge in [0, 0.05) is 12.0 Å². The second kappa shape index (κ2) is 6.62. The highest BCUT2D eigenvalue weighted by Gasteiger charge is 2.30. The number of rotatable bonds is 6. The molecule has 0 aliphatic rings. The normalized spacial score (nSPS) is 11.0. The maximum atomic E-state index is 12.1. The molecule has 2 aromatic rings. The van der Waals surface area contributed by atoms with E-state index in [4.69, 9.17) is 0 Å². The third-order valence-electron chi connectivity index (χ3n) is 3.28. The van der Waals surface area contributed by atoms with E-state index in [1.165, 1.54) is 13.0 Å². The zero-order valence-corrected chi connectivity index (χ0v) is 13.2. The third-order valence-corrected chi connectivity index (χ3v) is 4.52. The molecule has 24 heavy (non-hydrogen) atoms. The summed E-state index contributed by atoms with van der Waals surface area (Å²) < 4.78 is 27.9. The molecule has 2 aromatic carbocycles. The van der Waals surface area contributed by atoms with Crippen molar-refractivity contribution >= 4 is 15.8 Å². The molecule has 9 nitrogen and oxygen atoms in total. The molecule has 0 atom stereocenters. The first-order valence-electron chi connectivity index (χ1n) is 6.62. The Bertz CT molecular complexity index is 895. The average molecular weight is 352 g/mol. The van der Waals surface area contributed by atoms with Gasteiger partial charge < -0.3 is 0 Å². The Morgan fingerprint density at radius 3 is 2.21 bits per heavy atom. The zero-order valence-electron chi connectivity index (χ0n) is 12.4. The summed E-state index contributed by atoms with van der Waals surface area (Å²) in [6, 6.07) is 10.7. The molecule has 0 bridgehead atoms. The highest BCUT2D eigenvalue weighted by Crippen LogP contribution is 2.32. The predicted molar refractivity (Wildman–Crippen MR) is 82.3 cm³/mol. The molecule has 0 aliphatic carbocycles. The first kappa shape index (κ1) is 17.3. The maximum Gasteiger partial charge on any atom is 0.334 e. The van der Waals surface area contributed by atoms with E-state index >= 15 is 0 Å². The Labute approximate surface area is 136 Å². The smallest absolute Gasteiger partial charge is 0.258 e. The van der Waals surface area contributed by atoms with Gasteiger partial charge in [0.05, 0.1) is 10.5 Å². The fraction of sp³-hybridized carbons (Fsp3) is 0.143. The number of aryl methyl sites for hydroxylation is 1. The van der Waals surface area contributed by atoms with Gasteiger partial charge in [0.15, 0.2) is 0 Å². The molecule has 0 amide bonds. The van der Waals surface area contributed by atoms with Crippen LogP contribution >= 0.6 is 0 Å². The first-order chi connectivity index (χ1) is 11.2. The summed E-state index contributed by atoms with van der Waals surface area (Å²) in [5.41, 5.74) is 0.287. The van der Waals surface area contributed by atoms with E-state index in [-0.39, 0.29) is 17.5 Å². The van der Waals surface area contributed by atoms with Crippen LogP contribution in [0.15, 0.2) is 47.4 Å². The standard InChI is InChI=1S/C14H12N2O7S/c1-10-7-8-13(24(21,22)23-16(19)20)12(14(10)15(17)18)9-11-5-3-2-4-6-11/h2-8H,9H2,1H3. The Kier molecular flexibility index (Phi) is 4.79. The van der Waals surface area contributed by atoms with Crippen molar-refractivity contribution in [1.82, 2.24) is 0 Å². The SMILES string of the molecule is Cc1ccc(S(=O)(=O)O[N+](=O)[O-])c(Cc2ccccc2)c1[N+](=O)[O-]. The van der Waals surface area contributed by atoms with Crippen LogP contribution in [0.1, 0.15) is 16.7 Å². The topological polar surface area (TPSA) is 130 Å². The van der Waals surface area contributed by atoms with Crippen LogP contribution in [-0.4, -0.2) is 18.4 Å². The van der Waals surface area contributed by atoms with E-state index in [9.17, 15) is 28.6 Å². The van der Waals surface area contributed by atoms with Crippen molar-refractivity contribution in [1.29, 1.82) is 0 Å². The number of hydrogen-bond acceptors (Lipinski definition) is 7. The second-order valence-corrected chi connectivity index (χ2v) is 6.38. The van der Waals surface area contributed by atoms with Crippen molar-refractivity contribution in [3.8, 4) is 0 Å². The number of nitro groups is 1. The van der Waals surface area contributed by atoms with Crippen LogP contribution in [0.25, 0.3) is 0 Å². The van der Waals surface area contributed by atoms with Gasteiger partial charge in [-0.05, 0) is 18.6 Å². The average Bonchev–Trinajstić information content (AvgIpc) is 2.46. The molecule has 0 aliphatic heterocycles. The van der Waals surface area contributed by atoms with Gasteiger partial charge in [-0.25, -0.2) is 0 Å². The molecule has 0 saturated carbocycles. The Balaban J connectivity index is 2.69. The summed E-state index contributed by atoms with van der Waals surface area (Å²) in [5.74, 6) is 0. The molecule has 0 saturated heterocycles. The number of nitro benzene ring substituents is 1. The van der Waals surface area contributed by atoms with Gasteiger partial charge in [-0.1, -0.05) is 36.4 Å². The van der Waals surface area contributed by atoms with Gasteiger partial charge in [0.25, 0.3) is 5.69 Å². The second-order valence-electron chi connectivity index (χ2n) is 4.88. The van der Waals surface area contributed by atoms with Gasteiger partial charge in [-0.2, -0.15) is 12.7 Å². The Morgan fingerprint density at radius 2 is 1.67 bits per heavy atom. The van der Waals surface area contributed by atoms with Crippen LogP contribution in [0.2, 0.25) is 0 Å². The van der Waals surface area contributed by atoms with Crippen molar-refractivity contribution in [3.63, 3.8) is 0 Å². The van der Waals surface area contributed by atoms with Crippen LogP contribution < -0.4 is 0 Å². The molecule has 0 spiro atoms. The van der Waals surface area contributed by atoms with Crippen molar-refractivity contribution in [2.24, 2.45) is 0 Å². The molecule has 0 heterocycles. The van der Waals surface area contributed by atoms with Gasteiger partial charge in [-0.15, -0.1) is 10.1 Å². The highest BCUT2D eigenvalue weighted by molar-refractivity contribution is 7.86. The highest BCUT2D eigenvalue weighted by atomic mass is 32.2. The molecule has 2 rings (SSSR count). The lowest BCUT2D eigenvalue weighted by Crippen LogP contribution is -2.15. The van der Waals surface area contributed by atoms with E-state index in [2.05, 4.69) is 4.28 Å². The number of nitrogens with zero attached hydrogens (tertiary/aromatic N) is 2. The summed E-state index contributed by atoms with van der Waals surface area (Å²) in [5, 5.41) is 20.3. The van der Waals surface area contributed by atoms with Crippen LogP contribution in [0.3, 0.4) is 0 Å². The summed E-state index contributed by atoms with van der Waals surface area (Å²) in [6.07, 6.45) is -0.0888. The maximum absolute atomic E-state index is 12.1. The molecule has 126 valence electrons. The molecular weight excluding hydrogens is 340 g/mol. The minimum atomic E-state index is -4.79. The van der Waals surface area contributed by atoms with Crippen LogP contribution in [0.4, 0.5) is 5.69 Å². The summed E-state index contributed by atoms with van der Waals surface area (Å²) in [7, 11) is -4.79. The number of benzene rings is 2. The van der Waals surface area contributed by atoms with E-state index in [0.717, 1.165) is 6.07 Å². The third kappa shape index (κ3) is 3.66. The van der Waals surface area contributed by atoms with E-state index < -0.39 is 30.7 Å². The monoisotopic (exact) mass is 352 g/mol. The molecule has 0 unspecified atom stereocenters. The van der Waals surface area contributed by atoms with Crippen LogP contribution in [0, 0.1) is 27.2 Å². The van der Waals surface area contributed by atoms with Gasteiger partial charge in [-0.3, -0.25) is 10.1 Å². The molecule has 0 aromatic heterocycles. The lowest BCUT2D eigenvalue weighted by molar-refractivity contribution is -0.711. The Morgan fingerprint density at radius 1 is 1.04 bits per heavy atom. The summed E-state index contributed by atoms with van der Waals surface area (Å²) in [6.45, 7) is 1.46. The summed E-state index contributed by atoms with van der Waals surface area (Å²) >= 11 is 0. The molecule has 0 radical (unpaired) electrons. The lowest BCUT2D eigenvalue weighted by atomic mass is 10.0. The van der Waals surface area contributed by atoms with Crippen molar-refractivity contribution < 1.29 is 22.7 Å². The molecule has 10 heteroatoms. The van der Waals surface area contributed by atoms with Gasteiger partial charge >= 0.3 is 15.2 Å². The molecular formula is C14H12N2O7S. The fourth-order valence-electron chi connectivity index (χ4n) is 2.31. The van der Waals surface area contributed by atoms with Crippen LogP contribution in [-0.2, 0) is 20.8 Å². The van der Waals surface area contributed by atoms with Gasteiger partial charge in [0.2, 0.25) is 0 Å². The predicted octanol–water partition coefficient (Wildman–Crippen LogP) is 2.39. The van der Waals surface area contributed by atoms with Crippen molar-refractivity contribution in [2.75, 3.05) is 0 Å².